The van der Waals surface area contributed by atoms with Crippen molar-refractivity contribution in [3.05, 3.63) is 285 Å². The number of ether oxygens (including phenoxy) is 3. The summed E-state index contributed by atoms with van der Waals surface area (Å²) in [5.74, 6) is 15.0. The summed E-state index contributed by atoms with van der Waals surface area (Å²) in [5.41, 5.74) is 14.1. The number of rotatable bonds is 10. The standard InChI is InChI=1S/C68H50O3/c1-3-5-39-69-61-33-25-47-43-57(27-23-49(47)45-61)67(63-19-11-7-15-51(63)41-52-16-8-12-20-64(52)67)55-29-35-59(36-30-55)71-60-37-31-56(32-38-60)68(65-21-13-9-17-53(65)42-54-18-10-14-22-66(54)68)58-28-24-50-46-62(70-40-6-4-2)34-26-48(50)44-58/h7-38,43-46H,39-42H2,1-2H3. The van der Waals surface area contributed by atoms with E-state index in [0.29, 0.717) is 13.2 Å². The van der Waals surface area contributed by atoms with Crippen molar-refractivity contribution in [1.29, 1.82) is 0 Å². The van der Waals surface area contributed by atoms with Crippen LogP contribution in [-0.2, 0) is 23.7 Å². The Hall–Kier alpha value is -8.76. The van der Waals surface area contributed by atoms with Gasteiger partial charge in [0.05, 0.1) is 10.8 Å². The third kappa shape index (κ3) is 7.50. The maximum Gasteiger partial charge on any atom is 0.149 e. The van der Waals surface area contributed by atoms with Crippen LogP contribution < -0.4 is 14.2 Å². The molecule has 3 nitrogen and oxygen atoms in total. The molecule has 0 atom stereocenters. The Morgan fingerprint density at radius 3 is 1.01 bits per heavy atom. The van der Waals surface area contributed by atoms with Crippen LogP contribution in [0.1, 0.15) is 80.6 Å². The summed E-state index contributed by atoms with van der Waals surface area (Å²) in [7, 11) is 0. The van der Waals surface area contributed by atoms with Crippen LogP contribution in [0.4, 0.5) is 0 Å². The van der Waals surface area contributed by atoms with E-state index < -0.39 is 10.8 Å². The first kappa shape index (κ1) is 43.5. The van der Waals surface area contributed by atoms with E-state index >= 15 is 0 Å². The summed E-state index contributed by atoms with van der Waals surface area (Å²) >= 11 is 0. The van der Waals surface area contributed by atoms with Crippen LogP contribution in [0.25, 0.3) is 21.5 Å². The molecule has 0 fully saturated rings. The summed E-state index contributed by atoms with van der Waals surface area (Å²) in [6.07, 6.45) is 1.76. The Kier molecular flexibility index (Phi) is 11.2. The molecule has 0 aliphatic heterocycles. The molecule has 0 N–H and O–H groups in total. The van der Waals surface area contributed by atoms with Crippen LogP contribution in [0.2, 0.25) is 0 Å². The normalized spacial score (nSPS) is 13.5. The quantitative estimate of drug-likeness (QED) is 0.128. The van der Waals surface area contributed by atoms with Gasteiger partial charge in [-0.2, -0.15) is 0 Å². The van der Waals surface area contributed by atoms with E-state index in [-0.39, 0.29) is 0 Å². The minimum Gasteiger partial charge on any atom is -0.481 e. The highest BCUT2D eigenvalue weighted by Crippen LogP contribution is 2.53. The predicted octanol–water partition coefficient (Wildman–Crippen LogP) is 15.2. The van der Waals surface area contributed by atoms with Gasteiger partial charge in [-0.3, -0.25) is 0 Å². The molecule has 0 saturated heterocycles. The van der Waals surface area contributed by atoms with Gasteiger partial charge in [0.1, 0.15) is 36.2 Å². The third-order valence-electron chi connectivity index (χ3n) is 14.7. The molecule has 3 heteroatoms. The molecule has 0 spiro atoms. The zero-order valence-electron chi connectivity index (χ0n) is 39.8. The third-order valence-corrected chi connectivity index (χ3v) is 14.7. The van der Waals surface area contributed by atoms with Gasteiger partial charge in [-0.05, 0) is 176 Å². The molecule has 0 unspecified atom stereocenters. The molecule has 0 amide bonds. The first-order chi connectivity index (χ1) is 35.1. The highest BCUT2D eigenvalue weighted by atomic mass is 16.5. The van der Waals surface area contributed by atoms with E-state index in [1.165, 1.54) is 66.8 Å². The second kappa shape index (κ2) is 18.3. The minimum absolute atomic E-state index is 0.368. The summed E-state index contributed by atoms with van der Waals surface area (Å²) in [6, 6.07) is 79.8. The average molecular weight is 915 g/mol. The van der Waals surface area contributed by atoms with Gasteiger partial charge >= 0.3 is 0 Å². The fourth-order valence-electron chi connectivity index (χ4n) is 11.6. The van der Waals surface area contributed by atoms with E-state index in [1.54, 1.807) is 0 Å². The van der Waals surface area contributed by atoms with Gasteiger partial charge in [0.15, 0.2) is 0 Å². The van der Waals surface area contributed by atoms with Crippen molar-refractivity contribution in [2.24, 2.45) is 0 Å². The maximum atomic E-state index is 6.79. The molecule has 0 aromatic heterocycles. The Morgan fingerprint density at radius 2 is 0.648 bits per heavy atom. The lowest BCUT2D eigenvalue weighted by Crippen LogP contribution is -2.36. The Balaban J connectivity index is 0.928. The number of hydrogen-bond donors (Lipinski definition) is 0. The highest BCUT2D eigenvalue weighted by Gasteiger charge is 2.45. The van der Waals surface area contributed by atoms with E-state index in [0.717, 1.165) is 57.4 Å². The Labute approximate surface area is 416 Å². The molecule has 10 aromatic carbocycles. The number of benzene rings is 10. The van der Waals surface area contributed by atoms with Crippen molar-refractivity contribution in [2.75, 3.05) is 13.2 Å². The molecule has 12 rings (SSSR count). The van der Waals surface area contributed by atoms with Crippen LogP contribution in [0, 0.1) is 23.7 Å². The minimum atomic E-state index is -0.574. The van der Waals surface area contributed by atoms with Gasteiger partial charge in [-0.25, -0.2) is 0 Å². The first-order valence-corrected chi connectivity index (χ1v) is 24.4. The van der Waals surface area contributed by atoms with E-state index in [4.69, 9.17) is 14.2 Å². The second-order valence-electron chi connectivity index (χ2n) is 18.5. The van der Waals surface area contributed by atoms with Crippen LogP contribution in [0.3, 0.4) is 0 Å². The van der Waals surface area contributed by atoms with Gasteiger partial charge in [-0.15, -0.1) is 11.8 Å². The highest BCUT2D eigenvalue weighted by molar-refractivity contribution is 5.87. The lowest BCUT2D eigenvalue weighted by Gasteiger charge is -2.42. The van der Waals surface area contributed by atoms with Crippen molar-refractivity contribution in [3.63, 3.8) is 0 Å². The van der Waals surface area contributed by atoms with Crippen LogP contribution in [-0.4, -0.2) is 13.2 Å². The van der Waals surface area contributed by atoms with Gasteiger partial charge < -0.3 is 14.2 Å². The average Bonchev–Trinajstić information content (AvgIpc) is 3.42. The lowest BCUT2D eigenvalue weighted by molar-refractivity contribution is 0.370. The molecule has 0 heterocycles. The fourth-order valence-corrected chi connectivity index (χ4v) is 11.6. The molecule has 0 bridgehead atoms. The monoisotopic (exact) mass is 914 g/mol. The molecule has 71 heavy (non-hydrogen) atoms. The van der Waals surface area contributed by atoms with Gasteiger partial charge in [0.2, 0.25) is 0 Å². The largest absolute Gasteiger partial charge is 0.481 e. The lowest BCUT2D eigenvalue weighted by atomic mass is 9.59. The first-order valence-electron chi connectivity index (χ1n) is 24.4. The van der Waals surface area contributed by atoms with Crippen molar-refractivity contribution < 1.29 is 14.2 Å². The Morgan fingerprint density at radius 1 is 0.338 bits per heavy atom. The van der Waals surface area contributed by atoms with Gasteiger partial charge in [-0.1, -0.05) is 170 Å². The van der Waals surface area contributed by atoms with Crippen molar-refractivity contribution in [2.45, 2.75) is 37.5 Å². The van der Waals surface area contributed by atoms with Crippen LogP contribution in [0.5, 0.6) is 23.0 Å². The molecule has 0 radical (unpaired) electrons. The van der Waals surface area contributed by atoms with Crippen LogP contribution >= 0.6 is 0 Å². The summed E-state index contributed by atoms with van der Waals surface area (Å²) in [4.78, 5) is 0. The molecular weight excluding hydrogens is 865 g/mol. The van der Waals surface area contributed by atoms with E-state index in [9.17, 15) is 0 Å². The van der Waals surface area contributed by atoms with Gasteiger partial charge in [0.25, 0.3) is 0 Å². The summed E-state index contributed by atoms with van der Waals surface area (Å²) in [5, 5.41) is 4.55. The Bertz CT molecular complexity index is 3440. The smallest absolute Gasteiger partial charge is 0.149 e. The summed E-state index contributed by atoms with van der Waals surface area (Å²) < 4.78 is 18.7. The van der Waals surface area contributed by atoms with Gasteiger partial charge in [0, 0.05) is 0 Å². The topological polar surface area (TPSA) is 27.7 Å². The predicted molar refractivity (Wildman–Crippen MR) is 288 cm³/mol. The molecule has 2 aliphatic rings. The number of hydrogen-bond acceptors (Lipinski definition) is 3. The van der Waals surface area contributed by atoms with Crippen molar-refractivity contribution in [1.82, 2.24) is 0 Å². The van der Waals surface area contributed by atoms with Crippen molar-refractivity contribution in [3.8, 4) is 46.7 Å². The van der Waals surface area contributed by atoms with E-state index in [2.05, 4.69) is 230 Å². The fraction of sp³-hybridized carbons (Fsp3) is 0.118. The summed E-state index contributed by atoms with van der Waals surface area (Å²) in [6.45, 7) is 4.40. The second-order valence-corrected chi connectivity index (χ2v) is 18.5. The van der Waals surface area contributed by atoms with Crippen LogP contribution in [0.15, 0.2) is 218 Å². The zero-order valence-corrected chi connectivity index (χ0v) is 39.8. The zero-order chi connectivity index (χ0) is 47.8. The maximum absolute atomic E-state index is 6.79. The molecule has 2 aliphatic carbocycles. The van der Waals surface area contributed by atoms with Crippen molar-refractivity contribution >= 4 is 21.5 Å². The van der Waals surface area contributed by atoms with E-state index in [1.807, 2.05) is 26.0 Å². The molecule has 0 saturated carbocycles. The molecule has 340 valence electrons. The molecular formula is C68H50O3. The number of fused-ring (bicyclic) bond motifs is 6. The SMILES string of the molecule is CC#CCOc1ccc2cc(C3(c4ccc(Oc5ccc(C6(c7ccc8cc(OCC#CC)ccc8c7)c7ccccc7Cc7ccccc76)cc5)cc4)c4ccccc4Cc4ccccc43)ccc2c1. The molecule has 10 aromatic rings.